The zero-order valence-corrected chi connectivity index (χ0v) is 14.3. The number of amides is 1. The molecule has 1 amide bonds. The minimum Gasteiger partial charge on any atom is -0.454 e. The summed E-state index contributed by atoms with van der Waals surface area (Å²) in [7, 11) is 0. The van der Waals surface area contributed by atoms with Crippen molar-refractivity contribution in [2.75, 3.05) is 13.2 Å². The van der Waals surface area contributed by atoms with Crippen molar-refractivity contribution in [2.45, 2.75) is 25.0 Å². The summed E-state index contributed by atoms with van der Waals surface area (Å²) in [5, 5.41) is 4.73. The molecule has 1 aromatic heterocycles. The van der Waals surface area contributed by atoms with Crippen LogP contribution in [0.3, 0.4) is 0 Å². The van der Waals surface area contributed by atoms with E-state index in [1.54, 1.807) is 12.1 Å². The zero-order valence-electron chi connectivity index (χ0n) is 13.4. The van der Waals surface area contributed by atoms with Crippen LogP contribution in [0.15, 0.2) is 41.8 Å². The summed E-state index contributed by atoms with van der Waals surface area (Å²) in [5.41, 5.74) is 0.752. The van der Waals surface area contributed by atoms with E-state index >= 15 is 0 Å². The molecule has 0 aliphatic carbocycles. The molecule has 0 spiro atoms. The Hall–Kier alpha value is -2.25. The normalized spacial score (nSPS) is 17.9. The average Bonchev–Trinajstić information content (AvgIpc) is 3.31. The van der Waals surface area contributed by atoms with Crippen molar-refractivity contribution in [2.24, 2.45) is 0 Å². The second-order valence-electron chi connectivity index (χ2n) is 5.68. The summed E-state index contributed by atoms with van der Waals surface area (Å²) < 4.78 is 23.4. The van der Waals surface area contributed by atoms with Crippen LogP contribution in [-0.2, 0) is 19.1 Å². The summed E-state index contributed by atoms with van der Waals surface area (Å²) in [6.07, 6.45) is 0.864. The number of carbonyl (C=O) groups is 2. The maximum atomic E-state index is 13.2. The van der Waals surface area contributed by atoms with Gasteiger partial charge in [0.05, 0.1) is 6.04 Å². The fourth-order valence-corrected chi connectivity index (χ4v) is 3.43. The van der Waals surface area contributed by atoms with E-state index in [0.29, 0.717) is 13.0 Å². The molecule has 2 aromatic rings. The molecule has 0 radical (unpaired) electrons. The van der Waals surface area contributed by atoms with Gasteiger partial charge in [0.1, 0.15) is 5.82 Å². The van der Waals surface area contributed by atoms with E-state index < -0.39 is 24.0 Å². The summed E-state index contributed by atoms with van der Waals surface area (Å²) in [6, 6.07) is 9.28. The van der Waals surface area contributed by atoms with Gasteiger partial charge in [-0.25, -0.2) is 9.18 Å². The Balaban J connectivity index is 1.62. The number of rotatable bonds is 6. The van der Waals surface area contributed by atoms with E-state index in [9.17, 15) is 14.0 Å². The number of halogens is 1. The smallest absolute Gasteiger partial charge is 0.335 e. The van der Waals surface area contributed by atoms with Crippen molar-refractivity contribution in [3.63, 3.8) is 0 Å². The van der Waals surface area contributed by atoms with E-state index in [0.717, 1.165) is 16.9 Å². The number of nitrogens with one attached hydrogen (secondary N) is 1. The second kappa shape index (κ2) is 8.22. The Morgan fingerprint density at radius 3 is 2.76 bits per heavy atom. The van der Waals surface area contributed by atoms with Crippen LogP contribution < -0.4 is 5.32 Å². The van der Waals surface area contributed by atoms with E-state index in [1.807, 2.05) is 17.5 Å². The zero-order chi connectivity index (χ0) is 17.6. The monoisotopic (exact) mass is 363 g/mol. The topological polar surface area (TPSA) is 64.6 Å². The number of esters is 1. The predicted octanol–water partition coefficient (Wildman–Crippen LogP) is 2.82. The molecule has 7 heteroatoms. The first-order chi connectivity index (χ1) is 12.1. The van der Waals surface area contributed by atoms with Crippen molar-refractivity contribution >= 4 is 23.2 Å². The van der Waals surface area contributed by atoms with Crippen LogP contribution in [0.1, 0.15) is 29.3 Å². The second-order valence-corrected chi connectivity index (χ2v) is 6.66. The molecule has 0 bridgehead atoms. The number of carbonyl (C=O) groups excluding carboxylic acids is 2. The summed E-state index contributed by atoms with van der Waals surface area (Å²) in [5.74, 6) is -1.28. The number of hydrogen-bond acceptors (Lipinski definition) is 5. The largest absolute Gasteiger partial charge is 0.454 e. The van der Waals surface area contributed by atoms with Gasteiger partial charge in [0, 0.05) is 11.5 Å². The first kappa shape index (κ1) is 17.6. The van der Waals surface area contributed by atoms with E-state index in [4.69, 9.17) is 9.47 Å². The highest BCUT2D eigenvalue weighted by atomic mass is 32.1. The first-order valence-corrected chi connectivity index (χ1v) is 8.88. The highest BCUT2D eigenvalue weighted by Gasteiger charge is 2.26. The maximum Gasteiger partial charge on any atom is 0.335 e. The van der Waals surface area contributed by atoms with E-state index in [1.165, 1.54) is 23.5 Å². The standard InChI is InChI=1S/C18H18FNO4S/c19-13-7-5-12(6-8-13)17(15-4-2-10-25-15)20-16(21)11-24-18(22)14-3-1-9-23-14/h2,4-8,10,14,17H,1,3,9,11H2,(H,20,21)/t14-,17-/m1/s1. The van der Waals surface area contributed by atoms with Crippen molar-refractivity contribution in [1.82, 2.24) is 5.32 Å². The van der Waals surface area contributed by atoms with Gasteiger partial charge in [-0.3, -0.25) is 4.79 Å². The number of thiophene rings is 1. The molecule has 1 N–H and O–H groups in total. The first-order valence-electron chi connectivity index (χ1n) is 8.00. The lowest BCUT2D eigenvalue weighted by Crippen LogP contribution is -2.34. The van der Waals surface area contributed by atoms with Gasteiger partial charge >= 0.3 is 5.97 Å². The molecule has 3 rings (SSSR count). The summed E-state index contributed by atoms with van der Waals surface area (Å²) >= 11 is 1.48. The molecular weight excluding hydrogens is 345 g/mol. The molecule has 0 unspecified atom stereocenters. The van der Waals surface area contributed by atoms with Crippen molar-refractivity contribution in [3.05, 3.63) is 58.0 Å². The van der Waals surface area contributed by atoms with Gasteiger partial charge in [0.25, 0.3) is 5.91 Å². The van der Waals surface area contributed by atoms with Crippen molar-refractivity contribution in [1.29, 1.82) is 0 Å². The molecule has 0 saturated carbocycles. The molecule has 132 valence electrons. The van der Waals surface area contributed by atoms with Crippen molar-refractivity contribution < 1.29 is 23.5 Å². The number of ether oxygens (including phenoxy) is 2. The van der Waals surface area contributed by atoms with Gasteiger partial charge in [-0.15, -0.1) is 11.3 Å². The summed E-state index contributed by atoms with van der Waals surface area (Å²) in [6.45, 7) is 0.165. The Labute approximate surface area is 148 Å². The van der Waals surface area contributed by atoms with Crippen LogP contribution in [0.5, 0.6) is 0 Å². The van der Waals surface area contributed by atoms with E-state index in [-0.39, 0.29) is 12.4 Å². The van der Waals surface area contributed by atoms with Gasteiger partial charge in [0.2, 0.25) is 0 Å². The fourth-order valence-electron chi connectivity index (χ4n) is 2.63. The highest BCUT2D eigenvalue weighted by molar-refractivity contribution is 7.10. The lowest BCUT2D eigenvalue weighted by atomic mass is 10.1. The Bertz CT molecular complexity index is 711. The lowest BCUT2D eigenvalue weighted by Gasteiger charge is -2.18. The molecule has 5 nitrogen and oxygen atoms in total. The van der Waals surface area contributed by atoms with Crippen molar-refractivity contribution in [3.8, 4) is 0 Å². The van der Waals surface area contributed by atoms with Gasteiger partial charge in [-0.05, 0) is 42.0 Å². The Kier molecular flexibility index (Phi) is 5.78. The molecule has 1 aliphatic rings. The molecule has 1 aliphatic heterocycles. The third kappa shape index (κ3) is 4.64. The van der Waals surface area contributed by atoms with Crippen LogP contribution in [0, 0.1) is 5.82 Å². The molecule has 2 atom stereocenters. The quantitative estimate of drug-likeness (QED) is 0.802. The van der Waals surface area contributed by atoms with Crippen LogP contribution in [-0.4, -0.2) is 31.2 Å². The summed E-state index contributed by atoms with van der Waals surface area (Å²) in [4.78, 5) is 24.9. The Morgan fingerprint density at radius 2 is 2.12 bits per heavy atom. The predicted molar refractivity (Wildman–Crippen MR) is 90.6 cm³/mol. The van der Waals surface area contributed by atoms with Crippen LogP contribution in [0.4, 0.5) is 4.39 Å². The minimum absolute atomic E-state index is 0.342. The van der Waals surface area contributed by atoms with Gasteiger partial charge in [-0.1, -0.05) is 18.2 Å². The molecule has 1 fully saturated rings. The third-order valence-electron chi connectivity index (χ3n) is 3.87. The number of hydrogen-bond donors (Lipinski definition) is 1. The molecule has 2 heterocycles. The van der Waals surface area contributed by atoms with Gasteiger partial charge in [-0.2, -0.15) is 0 Å². The van der Waals surface area contributed by atoms with Gasteiger partial charge < -0.3 is 14.8 Å². The SMILES string of the molecule is O=C(COC(=O)[C@H]1CCCO1)N[C@H](c1ccc(F)cc1)c1cccs1. The fraction of sp³-hybridized carbons (Fsp3) is 0.333. The van der Waals surface area contributed by atoms with Crippen LogP contribution in [0.2, 0.25) is 0 Å². The molecule has 1 saturated heterocycles. The Morgan fingerprint density at radius 1 is 1.32 bits per heavy atom. The van der Waals surface area contributed by atoms with Crippen LogP contribution in [0.25, 0.3) is 0 Å². The highest BCUT2D eigenvalue weighted by Crippen LogP contribution is 2.26. The average molecular weight is 363 g/mol. The van der Waals surface area contributed by atoms with Crippen LogP contribution >= 0.6 is 11.3 Å². The lowest BCUT2D eigenvalue weighted by molar-refractivity contribution is -0.157. The number of benzene rings is 1. The van der Waals surface area contributed by atoms with Gasteiger partial charge in [0.15, 0.2) is 12.7 Å². The third-order valence-corrected chi connectivity index (χ3v) is 4.81. The molecular formula is C18H18FNO4S. The van der Waals surface area contributed by atoms with E-state index in [2.05, 4.69) is 5.32 Å². The maximum absolute atomic E-state index is 13.2. The molecule has 1 aromatic carbocycles. The molecule has 25 heavy (non-hydrogen) atoms. The minimum atomic E-state index is -0.571.